The van der Waals surface area contributed by atoms with Gasteiger partial charge in [-0.05, 0) is 25.2 Å². The summed E-state index contributed by atoms with van der Waals surface area (Å²) in [4.78, 5) is 21.6. The summed E-state index contributed by atoms with van der Waals surface area (Å²) in [6.45, 7) is 0.292. The zero-order valence-electron chi connectivity index (χ0n) is 8.63. The van der Waals surface area contributed by atoms with Crippen LogP contribution in [0.15, 0.2) is 5.29 Å². The van der Waals surface area contributed by atoms with Crippen LogP contribution in [-0.4, -0.2) is 28.7 Å². The molecule has 15 heavy (non-hydrogen) atoms. The maximum atomic E-state index is 10.9. The van der Waals surface area contributed by atoms with Gasteiger partial charge >= 0.3 is 5.97 Å². The first kappa shape index (κ1) is 10.4. The van der Waals surface area contributed by atoms with Gasteiger partial charge in [0.1, 0.15) is 0 Å². The van der Waals surface area contributed by atoms with Crippen molar-refractivity contribution in [3.8, 4) is 0 Å². The van der Waals surface area contributed by atoms with Crippen molar-refractivity contribution in [2.45, 2.75) is 38.1 Å². The fourth-order valence-electron chi connectivity index (χ4n) is 2.93. The number of piperidine rings is 1. The molecular weight excluding hydrogens is 196 g/mol. The van der Waals surface area contributed by atoms with E-state index in [0.29, 0.717) is 18.9 Å². The second kappa shape index (κ2) is 4.16. The zero-order chi connectivity index (χ0) is 10.8. The van der Waals surface area contributed by atoms with Gasteiger partial charge in [-0.1, -0.05) is 12.8 Å². The Morgan fingerprint density at radius 1 is 1.33 bits per heavy atom. The number of aliphatic carboxylic acids is 1. The van der Waals surface area contributed by atoms with Crippen LogP contribution >= 0.6 is 0 Å². The first-order valence-corrected chi connectivity index (χ1v) is 5.55. The Morgan fingerprint density at radius 3 is 2.73 bits per heavy atom. The number of hydrogen-bond donors (Lipinski definition) is 1. The highest BCUT2D eigenvalue weighted by molar-refractivity contribution is 5.70. The maximum Gasteiger partial charge on any atom is 0.308 e. The number of fused-ring (bicyclic) bond motifs is 1. The van der Waals surface area contributed by atoms with Gasteiger partial charge in [-0.15, -0.1) is 4.91 Å². The van der Waals surface area contributed by atoms with Gasteiger partial charge in [-0.2, -0.15) is 0 Å². The Balaban J connectivity index is 2.10. The molecular formula is C10H16N2O3. The van der Waals surface area contributed by atoms with Crippen LogP contribution in [-0.2, 0) is 4.79 Å². The molecule has 0 spiro atoms. The Hall–Kier alpha value is -1.13. The van der Waals surface area contributed by atoms with Crippen LogP contribution in [0.5, 0.6) is 0 Å². The summed E-state index contributed by atoms with van der Waals surface area (Å²) in [5.41, 5.74) is 0. The number of carboxylic acid groups (broad SMARTS) is 1. The molecule has 0 aromatic heterocycles. The van der Waals surface area contributed by atoms with E-state index in [1.807, 2.05) is 0 Å². The van der Waals surface area contributed by atoms with Crippen molar-refractivity contribution in [3.63, 3.8) is 0 Å². The monoisotopic (exact) mass is 212 g/mol. The molecule has 1 N–H and O–H groups in total. The van der Waals surface area contributed by atoms with Gasteiger partial charge in [0.2, 0.25) is 0 Å². The van der Waals surface area contributed by atoms with E-state index in [4.69, 9.17) is 5.11 Å². The molecule has 1 aliphatic heterocycles. The van der Waals surface area contributed by atoms with Gasteiger partial charge < -0.3 is 5.11 Å². The molecule has 84 valence electrons. The summed E-state index contributed by atoms with van der Waals surface area (Å²) >= 11 is 0. The topological polar surface area (TPSA) is 70.0 Å². The third-order valence-electron chi connectivity index (χ3n) is 3.70. The van der Waals surface area contributed by atoms with Crippen LogP contribution in [0.1, 0.15) is 32.1 Å². The fraction of sp³-hybridized carbons (Fsp3) is 0.900. The zero-order valence-corrected chi connectivity index (χ0v) is 8.63. The molecule has 1 saturated carbocycles. The van der Waals surface area contributed by atoms with Crippen LogP contribution in [0.4, 0.5) is 0 Å². The van der Waals surface area contributed by atoms with E-state index in [9.17, 15) is 9.70 Å². The number of nitroso groups, excluding NO2 is 1. The minimum Gasteiger partial charge on any atom is -0.481 e. The molecule has 3 unspecified atom stereocenters. The summed E-state index contributed by atoms with van der Waals surface area (Å²) in [6, 6.07) is 0.201. The van der Waals surface area contributed by atoms with Crippen molar-refractivity contribution < 1.29 is 9.90 Å². The van der Waals surface area contributed by atoms with Crippen LogP contribution < -0.4 is 0 Å². The quantitative estimate of drug-likeness (QED) is 0.706. The van der Waals surface area contributed by atoms with E-state index >= 15 is 0 Å². The summed E-state index contributed by atoms with van der Waals surface area (Å²) in [5.74, 6) is -0.860. The lowest BCUT2D eigenvalue weighted by atomic mass is 9.76. The highest BCUT2D eigenvalue weighted by atomic mass is 16.4. The summed E-state index contributed by atoms with van der Waals surface area (Å²) in [7, 11) is 0. The van der Waals surface area contributed by atoms with E-state index in [1.54, 1.807) is 0 Å². The highest BCUT2D eigenvalue weighted by Crippen LogP contribution is 2.37. The van der Waals surface area contributed by atoms with E-state index in [1.165, 1.54) is 5.01 Å². The van der Waals surface area contributed by atoms with Crippen molar-refractivity contribution in [3.05, 3.63) is 4.91 Å². The molecule has 0 aromatic rings. The normalized spacial score (nSPS) is 35.7. The van der Waals surface area contributed by atoms with Gasteiger partial charge in [-0.25, -0.2) is 0 Å². The lowest BCUT2D eigenvalue weighted by Gasteiger charge is -2.42. The Kier molecular flexibility index (Phi) is 2.88. The molecule has 5 heteroatoms. The third-order valence-corrected chi connectivity index (χ3v) is 3.70. The molecule has 0 aromatic carbocycles. The van der Waals surface area contributed by atoms with Gasteiger partial charge in [-0.3, -0.25) is 9.80 Å². The third kappa shape index (κ3) is 1.96. The number of nitrogens with zero attached hydrogens (tertiary/aromatic N) is 2. The first-order valence-electron chi connectivity index (χ1n) is 5.55. The molecule has 0 amide bonds. The van der Waals surface area contributed by atoms with Crippen molar-refractivity contribution >= 4 is 5.97 Å². The minimum atomic E-state index is -0.798. The van der Waals surface area contributed by atoms with E-state index in [0.717, 1.165) is 25.7 Å². The molecule has 2 aliphatic rings. The second-order valence-electron chi connectivity index (χ2n) is 4.59. The minimum absolute atomic E-state index is 0.201. The van der Waals surface area contributed by atoms with Crippen LogP contribution in [0.2, 0.25) is 0 Å². The first-order chi connectivity index (χ1) is 7.22. The SMILES string of the molecule is O=NN1CC(C(=O)O)CC2CCCCC21. The Morgan fingerprint density at radius 2 is 2.07 bits per heavy atom. The molecule has 1 aliphatic carbocycles. The lowest BCUT2D eigenvalue weighted by molar-refractivity contribution is -0.146. The van der Waals surface area contributed by atoms with Crippen molar-refractivity contribution in [1.29, 1.82) is 0 Å². The molecule has 2 rings (SSSR count). The van der Waals surface area contributed by atoms with E-state index in [-0.39, 0.29) is 6.04 Å². The number of carboxylic acids is 1. The fourth-order valence-corrected chi connectivity index (χ4v) is 2.93. The average molecular weight is 212 g/mol. The largest absolute Gasteiger partial charge is 0.481 e. The van der Waals surface area contributed by atoms with Crippen LogP contribution in [0, 0.1) is 16.7 Å². The highest BCUT2D eigenvalue weighted by Gasteiger charge is 2.40. The molecule has 2 fully saturated rings. The van der Waals surface area contributed by atoms with Crippen molar-refractivity contribution in [2.24, 2.45) is 17.1 Å². The van der Waals surface area contributed by atoms with E-state index < -0.39 is 11.9 Å². The second-order valence-corrected chi connectivity index (χ2v) is 4.59. The average Bonchev–Trinajstić information content (AvgIpc) is 2.27. The molecule has 0 radical (unpaired) electrons. The summed E-state index contributed by atoms with van der Waals surface area (Å²) in [6.07, 6.45) is 5.03. The predicted molar refractivity (Wildman–Crippen MR) is 54.0 cm³/mol. The number of carbonyl (C=O) groups is 1. The smallest absolute Gasteiger partial charge is 0.308 e. The molecule has 1 heterocycles. The standard InChI is InChI=1S/C10H16N2O3/c13-10(14)8-5-7-3-1-2-4-9(7)12(6-8)11-15/h7-9H,1-6H2,(H,13,14). The lowest BCUT2D eigenvalue weighted by Crippen LogP contribution is -2.48. The predicted octanol–water partition coefficient (Wildman–Crippen LogP) is 1.63. The molecule has 0 bridgehead atoms. The van der Waals surface area contributed by atoms with Gasteiger partial charge in [0.25, 0.3) is 0 Å². The van der Waals surface area contributed by atoms with Crippen molar-refractivity contribution in [1.82, 2.24) is 5.01 Å². The maximum absolute atomic E-state index is 10.9. The summed E-state index contributed by atoms with van der Waals surface area (Å²) < 4.78 is 0. The molecule has 5 nitrogen and oxygen atoms in total. The van der Waals surface area contributed by atoms with Crippen LogP contribution in [0.3, 0.4) is 0 Å². The number of hydrogen-bond acceptors (Lipinski definition) is 3. The molecule has 3 atom stereocenters. The Labute approximate surface area is 88.4 Å². The van der Waals surface area contributed by atoms with Crippen molar-refractivity contribution in [2.75, 3.05) is 6.54 Å². The molecule has 1 saturated heterocycles. The van der Waals surface area contributed by atoms with Gasteiger partial charge in [0.15, 0.2) is 0 Å². The van der Waals surface area contributed by atoms with Gasteiger partial charge in [0.05, 0.1) is 23.8 Å². The summed E-state index contributed by atoms with van der Waals surface area (Å²) in [5, 5.41) is 13.4. The van der Waals surface area contributed by atoms with Crippen LogP contribution in [0.25, 0.3) is 0 Å². The van der Waals surface area contributed by atoms with Gasteiger partial charge in [0, 0.05) is 0 Å². The number of rotatable bonds is 2. The van der Waals surface area contributed by atoms with E-state index in [2.05, 4.69) is 5.29 Å². The Bertz CT molecular complexity index is 269.